The van der Waals surface area contributed by atoms with Gasteiger partial charge < -0.3 is 10.6 Å². The number of rotatable bonds is 5. The fourth-order valence-corrected chi connectivity index (χ4v) is 2.60. The van der Waals surface area contributed by atoms with Crippen molar-refractivity contribution in [3.8, 4) is 0 Å². The smallest absolute Gasteiger partial charge is 0.324 e. The van der Waals surface area contributed by atoms with E-state index < -0.39 is 30.2 Å². The van der Waals surface area contributed by atoms with Gasteiger partial charge in [-0.15, -0.1) is 0 Å². The molecule has 0 spiro atoms. The zero-order chi connectivity index (χ0) is 21.2. The number of aryl methyl sites for hydroxylation is 2. The topological polar surface area (TPSA) is 93.8 Å². The Bertz CT molecular complexity index is 1040. The van der Waals surface area contributed by atoms with Gasteiger partial charge in [0.25, 0.3) is 5.91 Å². The first kappa shape index (κ1) is 20.1. The van der Waals surface area contributed by atoms with Gasteiger partial charge in [-0.2, -0.15) is 23.4 Å². The van der Waals surface area contributed by atoms with E-state index in [-0.39, 0.29) is 11.4 Å². The highest BCUT2D eigenvalue weighted by Crippen LogP contribution is 2.29. The first-order valence-corrected chi connectivity index (χ1v) is 8.44. The number of carbonyl (C=O) groups is 2. The second-order valence-corrected chi connectivity index (χ2v) is 6.28. The van der Waals surface area contributed by atoms with E-state index in [1.165, 1.54) is 23.7 Å². The molecule has 3 aromatic rings. The van der Waals surface area contributed by atoms with E-state index in [0.29, 0.717) is 16.1 Å². The maximum Gasteiger partial charge on any atom is 0.433 e. The van der Waals surface area contributed by atoms with Crippen LogP contribution in [0.2, 0.25) is 0 Å². The van der Waals surface area contributed by atoms with Gasteiger partial charge in [-0.25, -0.2) is 0 Å². The highest BCUT2D eigenvalue weighted by atomic mass is 19.4. The molecule has 0 aliphatic heterocycles. The summed E-state index contributed by atoms with van der Waals surface area (Å²) in [5.41, 5.74) is 0.264. The molecule has 2 amide bonds. The largest absolute Gasteiger partial charge is 0.433 e. The first-order valence-electron chi connectivity index (χ1n) is 8.44. The van der Waals surface area contributed by atoms with Gasteiger partial charge in [0.1, 0.15) is 12.2 Å². The lowest BCUT2D eigenvalue weighted by Crippen LogP contribution is -2.23. The van der Waals surface area contributed by atoms with Crippen molar-refractivity contribution in [2.45, 2.75) is 19.6 Å². The molecule has 0 radical (unpaired) electrons. The molecule has 8 nitrogen and oxygen atoms in total. The molecule has 0 saturated carbocycles. The van der Waals surface area contributed by atoms with Gasteiger partial charge in [0.2, 0.25) is 5.91 Å². The second kappa shape index (κ2) is 7.78. The Kier molecular flexibility index (Phi) is 5.39. The minimum Gasteiger partial charge on any atom is -0.324 e. The minimum absolute atomic E-state index is 0.165. The molecule has 0 aliphatic carbocycles. The van der Waals surface area contributed by atoms with Crippen LogP contribution in [0.25, 0.3) is 0 Å². The number of amides is 2. The number of nitrogens with zero attached hydrogens (tertiary/aromatic N) is 4. The average Bonchev–Trinajstić information content (AvgIpc) is 3.22. The molecule has 1 aromatic carbocycles. The summed E-state index contributed by atoms with van der Waals surface area (Å²) in [7, 11) is 1.69. The van der Waals surface area contributed by atoms with Crippen LogP contribution in [-0.2, 0) is 24.6 Å². The third-order valence-electron chi connectivity index (χ3n) is 3.86. The molecule has 11 heteroatoms. The predicted octanol–water partition coefficient (Wildman–Crippen LogP) is 2.83. The highest BCUT2D eigenvalue weighted by molar-refractivity contribution is 6.03. The summed E-state index contributed by atoms with van der Waals surface area (Å²) in [6, 6.07) is 8.59. The molecular formula is C18H17F3N6O2. The molecule has 2 aromatic heterocycles. The Morgan fingerprint density at radius 1 is 1.03 bits per heavy atom. The monoisotopic (exact) mass is 406 g/mol. The van der Waals surface area contributed by atoms with E-state index in [2.05, 4.69) is 20.8 Å². The standard InChI is InChI=1S/C18H17F3N6O2/c1-11-9-15(18(19,20)21)27(24-11)10-16(28)22-12-3-5-13(6-4-12)23-17(29)14-7-8-26(2)25-14/h3-9H,10H2,1-2H3,(H,22,28)(H,23,29). The molecule has 0 saturated heterocycles. The van der Waals surface area contributed by atoms with Crippen LogP contribution in [0, 0.1) is 6.92 Å². The number of hydrogen-bond acceptors (Lipinski definition) is 4. The van der Waals surface area contributed by atoms with Crippen molar-refractivity contribution in [2.75, 3.05) is 10.6 Å². The van der Waals surface area contributed by atoms with E-state index in [0.717, 1.165) is 6.07 Å². The molecule has 2 N–H and O–H groups in total. The predicted molar refractivity (Wildman–Crippen MR) is 98.2 cm³/mol. The second-order valence-electron chi connectivity index (χ2n) is 6.28. The van der Waals surface area contributed by atoms with Crippen molar-refractivity contribution in [3.63, 3.8) is 0 Å². The number of benzene rings is 1. The molecule has 0 bridgehead atoms. The normalized spacial score (nSPS) is 11.3. The van der Waals surface area contributed by atoms with Crippen LogP contribution >= 0.6 is 0 Å². The molecule has 0 aliphatic rings. The molecule has 3 rings (SSSR count). The van der Waals surface area contributed by atoms with Gasteiger partial charge in [0.15, 0.2) is 5.69 Å². The van der Waals surface area contributed by atoms with Crippen molar-refractivity contribution in [1.29, 1.82) is 0 Å². The lowest BCUT2D eigenvalue weighted by Gasteiger charge is -2.11. The van der Waals surface area contributed by atoms with Gasteiger partial charge in [-0.1, -0.05) is 0 Å². The summed E-state index contributed by atoms with van der Waals surface area (Å²) in [5.74, 6) is -1.06. The third-order valence-corrected chi connectivity index (χ3v) is 3.86. The first-order chi connectivity index (χ1) is 13.6. The van der Waals surface area contributed by atoms with Crippen LogP contribution in [0.4, 0.5) is 24.5 Å². The van der Waals surface area contributed by atoms with Crippen molar-refractivity contribution in [3.05, 3.63) is 59.7 Å². The van der Waals surface area contributed by atoms with Crippen LogP contribution in [-0.4, -0.2) is 31.4 Å². The average molecular weight is 406 g/mol. The Morgan fingerprint density at radius 3 is 2.21 bits per heavy atom. The van der Waals surface area contributed by atoms with Gasteiger partial charge in [-0.05, 0) is 43.3 Å². The van der Waals surface area contributed by atoms with Crippen molar-refractivity contribution >= 4 is 23.2 Å². The number of aromatic nitrogens is 4. The summed E-state index contributed by atoms with van der Waals surface area (Å²) >= 11 is 0. The maximum absolute atomic E-state index is 13.0. The quantitative estimate of drug-likeness (QED) is 0.681. The summed E-state index contributed by atoms with van der Waals surface area (Å²) in [6.07, 6.45) is -2.96. The van der Waals surface area contributed by atoms with E-state index in [1.54, 1.807) is 31.4 Å². The van der Waals surface area contributed by atoms with Crippen molar-refractivity contribution in [1.82, 2.24) is 19.6 Å². The van der Waals surface area contributed by atoms with E-state index in [9.17, 15) is 22.8 Å². The van der Waals surface area contributed by atoms with Crippen LogP contribution in [0.15, 0.2) is 42.6 Å². The number of alkyl halides is 3. The fraction of sp³-hybridized carbons (Fsp3) is 0.222. The lowest BCUT2D eigenvalue weighted by molar-refractivity contribution is -0.144. The van der Waals surface area contributed by atoms with Gasteiger partial charge in [0, 0.05) is 24.6 Å². The zero-order valence-corrected chi connectivity index (χ0v) is 15.5. The van der Waals surface area contributed by atoms with E-state index >= 15 is 0 Å². The molecule has 0 atom stereocenters. The molecule has 29 heavy (non-hydrogen) atoms. The highest BCUT2D eigenvalue weighted by Gasteiger charge is 2.35. The Hall–Kier alpha value is -3.63. The molecule has 152 valence electrons. The van der Waals surface area contributed by atoms with Gasteiger partial charge in [-0.3, -0.25) is 19.0 Å². The van der Waals surface area contributed by atoms with Gasteiger partial charge in [0.05, 0.1) is 5.69 Å². The molecule has 0 unspecified atom stereocenters. The third kappa shape index (κ3) is 5.00. The van der Waals surface area contributed by atoms with Crippen molar-refractivity contribution in [2.24, 2.45) is 7.05 Å². The summed E-state index contributed by atoms with van der Waals surface area (Å²) in [4.78, 5) is 24.2. The van der Waals surface area contributed by atoms with Crippen LogP contribution in [0.3, 0.4) is 0 Å². The lowest BCUT2D eigenvalue weighted by atomic mass is 10.2. The number of hydrogen-bond donors (Lipinski definition) is 2. The number of halogens is 3. The van der Waals surface area contributed by atoms with E-state index in [1.807, 2.05) is 0 Å². The summed E-state index contributed by atoms with van der Waals surface area (Å²) in [5, 5.41) is 12.9. The Balaban J connectivity index is 1.61. The van der Waals surface area contributed by atoms with Crippen LogP contribution < -0.4 is 10.6 Å². The summed E-state index contributed by atoms with van der Waals surface area (Å²) < 4.78 is 41.1. The van der Waals surface area contributed by atoms with Crippen LogP contribution in [0.5, 0.6) is 0 Å². The molecular weight excluding hydrogens is 389 g/mol. The SMILES string of the molecule is Cc1cc(C(F)(F)F)n(CC(=O)Nc2ccc(NC(=O)c3ccn(C)n3)cc2)n1. The van der Waals surface area contributed by atoms with Crippen molar-refractivity contribution < 1.29 is 22.8 Å². The number of carbonyl (C=O) groups excluding carboxylic acids is 2. The maximum atomic E-state index is 13.0. The number of anilines is 2. The minimum atomic E-state index is -4.60. The number of nitrogens with one attached hydrogen (secondary N) is 2. The molecule has 2 heterocycles. The molecule has 0 fully saturated rings. The summed E-state index contributed by atoms with van der Waals surface area (Å²) in [6.45, 7) is 0.836. The fourth-order valence-electron chi connectivity index (χ4n) is 2.60. The van der Waals surface area contributed by atoms with E-state index in [4.69, 9.17) is 0 Å². The van der Waals surface area contributed by atoms with Crippen LogP contribution in [0.1, 0.15) is 21.9 Å². The van der Waals surface area contributed by atoms with Gasteiger partial charge >= 0.3 is 6.18 Å². The zero-order valence-electron chi connectivity index (χ0n) is 15.5. The Labute approximate surface area is 163 Å². The Morgan fingerprint density at radius 2 is 1.66 bits per heavy atom.